The minimum atomic E-state index is 0.0732. The van der Waals surface area contributed by atoms with Crippen LogP contribution < -0.4 is 10.1 Å². The van der Waals surface area contributed by atoms with Gasteiger partial charge in [0.25, 0.3) is 0 Å². The van der Waals surface area contributed by atoms with Gasteiger partial charge in [0.1, 0.15) is 11.4 Å². The molecule has 4 nitrogen and oxygen atoms in total. The van der Waals surface area contributed by atoms with Crippen LogP contribution in [0.4, 0.5) is 0 Å². The van der Waals surface area contributed by atoms with Gasteiger partial charge in [0.15, 0.2) is 0 Å². The molecule has 0 saturated heterocycles. The topological polar surface area (TPSA) is 39.1 Å². The molecule has 1 aromatic carbocycles. The zero-order valence-corrected chi connectivity index (χ0v) is 13.8. The lowest BCUT2D eigenvalue weighted by atomic mass is 10.0. The van der Waals surface area contributed by atoms with Crippen LogP contribution in [0.1, 0.15) is 31.9 Å². The Balaban J connectivity index is 2.42. The van der Waals surface area contributed by atoms with E-state index in [1.807, 2.05) is 17.8 Å². The number of hydrogen-bond acceptors (Lipinski definition) is 3. The predicted molar refractivity (Wildman–Crippen MR) is 86.5 cm³/mol. The molecular weight excluding hydrogens is 262 g/mol. The van der Waals surface area contributed by atoms with E-state index in [4.69, 9.17) is 4.74 Å². The lowest BCUT2D eigenvalue weighted by molar-refractivity contribution is 0.415. The largest absolute Gasteiger partial charge is 0.496 e. The summed E-state index contributed by atoms with van der Waals surface area (Å²) >= 11 is 0. The Morgan fingerprint density at radius 1 is 1.29 bits per heavy atom. The van der Waals surface area contributed by atoms with Crippen molar-refractivity contribution < 1.29 is 4.74 Å². The van der Waals surface area contributed by atoms with Crippen LogP contribution in [0.3, 0.4) is 0 Å². The first-order valence-corrected chi connectivity index (χ1v) is 7.23. The third-order valence-electron chi connectivity index (χ3n) is 3.32. The van der Waals surface area contributed by atoms with Crippen LogP contribution in [0.15, 0.2) is 24.4 Å². The van der Waals surface area contributed by atoms with Gasteiger partial charge in [-0.05, 0) is 39.8 Å². The van der Waals surface area contributed by atoms with Crippen LogP contribution in [0, 0.1) is 6.92 Å². The van der Waals surface area contributed by atoms with Crippen molar-refractivity contribution in [3.05, 3.63) is 35.5 Å². The molecular formula is C17H25N3O. The van der Waals surface area contributed by atoms with E-state index < -0.39 is 0 Å². The number of aromatic nitrogens is 2. The van der Waals surface area contributed by atoms with Crippen molar-refractivity contribution in [2.24, 2.45) is 7.05 Å². The predicted octanol–water partition coefficient (Wildman–Crippen LogP) is 3.29. The number of benzene rings is 1. The van der Waals surface area contributed by atoms with Crippen LogP contribution >= 0.6 is 0 Å². The molecule has 0 aliphatic heterocycles. The molecule has 114 valence electrons. The van der Waals surface area contributed by atoms with E-state index in [0.29, 0.717) is 0 Å². The molecule has 0 fully saturated rings. The van der Waals surface area contributed by atoms with Gasteiger partial charge < -0.3 is 10.1 Å². The highest BCUT2D eigenvalue weighted by Crippen LogP contribution is 2.32. The Kier molecular flexibility index (Phi) is 4.37. The Morgan fingerprint density at radius 2 is 2.00 bits per heavy atom. The van der Waals surface area contributed by atoms with Crippen molar-refractivity contribution in [1.82, 2.24) is 15.1 Å². The zero-order valence-electron chi connectivity index (χ0n) is 13.8. The number of aryl methyl sites for hydroxylation is 2. The smallest absolute Gasteiger partial charge is 0.128 e. The van der Waals surface area contributed by atoms with Gasteiger partial charge in [0.05, 0.1) is 7.11 Å². The van der Waals surface area contributed by atoms with Crippen molar-refractivity contribution in [2.45, 2.75) is 39.8 Å². The molecule has 0 bridgehead atoms. The van der Waals surface area contributed by atoms with E-state index in [1.54, 1.807) is 7.11 Å². The third kappa shape index (κ3) is 3.85. The maximum absolute atomic E-state index is 5.49. The average Bonchev–Trinajstić information content (AvgIpc) is 2.76. The number of nitrogens with zero attached hydrogens (tertiary/aromatic N) is 2. The molecule has 0 aliphatic rings. The number of ether oxygens (including phenoxy) is 1. The monoisotopic (exact) mass is 287 g/mol. The molecule has 4 heteroatoms. The van der Waals surface area contributed by atoms with Crippen LogP contribution in [0.5, 0.6) is 5.75 Å². The summed E-state index contributed by atoms with van der Waals surface area (Å²) < 4.78 is 7.35. The number of hydrogen-bond donors (Lipinski definition) is 1. The Morgan fingerprint density at radius 3 is 2.62 bits per heavy atom. The second kappa shape index (κ2) is 5.90. The second-order valence-corrected chi connectivity index (χ2v) is 6.48. The fourth-order valence-corrected chi connectivity index (χ4v) is 2.26. The lowest BCUT2D eigenvalue weighted by Crippen LogP contribution is -2.35. The molecule has 0 amide bonds. The Bertz CT molecular complexity index is 623. The van der Waals surface area contributed by atoms with E-state index in [2.05, 4.69) is 56.4 Å². The van der Waals surface area contributed by atoms with Crippen molar-refractivity contribution in [3.8, 4) is 17.0 Å². The van der Waals surface area contributed by atoms with Crippen LogP contribution in [0.25, 0.3) is 11.3 Å². The summed E-state index contributed by atoms with van der Waals surface area (Å²) in [5, 5.41) is 8.15. The first-order chi connectivity index (χ1) is 9.80. The summed E-state index contributed by atoms with van der Waals surface area (Å²) in [6.45, 7) is 9.35. The summed E-state index contributed by atoms with van der Waals surface area (Å²) in [7, 11) is 3.65. The van der Waals surface area contributed by atoms with Gasteiger partial charge >= 0.3 is 0 Å². The van der Waals surface area contributed by atoms with E-state index in [0.717, 1.165) is 23.6 Å². The molecule has 1 aromatic heterocycles. The summed E-state index contributed by atoms with van der Waals surface area (Å²) in [5.41, 5.74) is 4.48. The van der Waals surface area contributed by atoms with Gasteiger partial charge in [-0.3, -0.25) is 4.68 Å². The molecule has 0 saturated carbocycles. The molecule has 0 spiro atoms. The SMILES string of the molecule is COc1ccc(C)cc1-c1nn(C)cc1CNC(C)(C)C. The van der Waals surface area contributed by atoms with Gasteiger partial charge in [-0.2, -0.15) is 5.10 Å². The van der Waals surface area contributed by atoms with Gasteiger partial charge in [-0.25, -0.2) is 0 Å². The summed E-state index contributed by atoms with van der Waals surface area (Å²) in [6.07, 6.45) is 2.07. The summed E-state index contributed by atoms with van der Waals surface area (Å²) in [4.78, 5) is 0. The van der Waals surface area contributed by atoms with Crippen LogP contribution in [0.2, 0.25) is 0 Å². The lowest BCUT2D eigenvalue weighted by Gasteiger charge is -2.20. The highest BCUT2D eigenvalue weighted by atomic mass is 16.5. The van der Waals surface area contributed by atoms with Crippen molar-refractivity contribution in [1.29, 1.82) is 0 Å². The fourth-order valence-electron chi connectivity index (χ4n) is 2.26. The van der Waals surface area contributed by atoms with Crippen LogP contribution in [-0.4, -0.2) is 22.4 Å². The van der Waals surface area contributed by atoms with Crippen molar-refractivity contribution in [2.75, 3.05) is 7.11 Å². The molecule has 0 aliphatic carbocycles. The zero-order chi connectivity index (χ0) is 15.6. The van der Waals surface area contributed by atoms with Gasteiger partial charge in [-0.1, -0.05) is 11.6 Å². The van der Waals surface area contributed by atoms with Gasteiger partial charge in [0.2, 0.25) is 0 Å². The molecule has 1 heterocycles. The van der Waals surface area contributed by atoms with E-state index in [9.17, 15) is 0 Å². The minimum Gasteiger partial charge on any atom is -0.496 e. The quantitative estimate of drug-likeness (QED) is 0.938. The normalized spacial score (nSPS) is 11.7. The number of methoxy groups -OCH3 is 1. The van der Waals surface area contributed by atoms with Crippen LogP contribution in [-0.2, 0) is 13.6 Å². The molecule has 1 N–H and O–H groups in total. The first-order valence-electron chi connectivity index (χ1n) is 7.23. The molecule has 0 radical (unpaired) electrons. The van der Waals surface area contributed by atoms with E-state index in [1.165, 1.54) is 11.1 Å². The third-order valence-corrected chi connectivity index (χ3v) is 3.32. The van der Waals surface area contributed by atoms with Gasteiger partial charge in [-0.15, -0.1) is 0 Å². The molecule has 2 aromatic rings. The molecule has 2 rings (SSSR count). The maximum Gasteiger partial charge on any atom is 0.128 e. The fraction of sp³-hybridized carbons (Fsp3) is 0.471. The average molecular weight is 287 g/mol. The molecule has 0 unspecified atom stereocenters. The second-order valence-electron chi connectivity index (χ2n) is 6.48. The minimum absolute atomic E-state index is 0.0732. The number of rotatable bonds is 4. The van der Waals surface area contributed by atoms with Crippen molar-refractivity contribution >= 4 is 0 Å². The first kappa shape index (κ1) is 15.6. The van der Waals surface area contributed by atoms with E-state index >= 15 is 0 Å². The molecule has 0 atom stereocenters. The standard InChI is InChI=1S/C17H25N3O/c1-12-7-8-15(21-6)14(9-12)16-13(11-20(5)19-16)10-18-17(2,3)4/h7-9,11,18H,10H2,1-6H3. The van der Waals surface area contributed by atoms with Crippen molar-refractivity contribution in [3.63, 3.8) is 0 Å². The Hall–Kier alpha value is -1.81. The summed E-state index contributed by atoms with van der Waals surface area (Å²) in [5.74, 6) is 0.858. The highest BCUT2D eigenvalue weighted by molar-refractivity contribution is 5.70. The van der Waals surface area contributed by atoms with E-state index in [-0.39, 0.29) is 5.54 Å². The Labute approximate surface area is 127 Å². The summed E-state index contributed by atoms with van der Waals surface area (Å²) in [6, 6.07) is 6.18. The molecule has 21 heavy (non-hydrogen) atoms. The number of nitrogens with one attached hydrogen (secondary N) is 1. The maximum atomic E-state index is 5.49. The highest BCUT2D eigenvalue weighted by Gasteiger charge is 2.17. The van der Waals surface area contributed by atoms with Gasteiger partial charge in [0, 0.05) is 36.5 Å².